The predicted molar refractivity (Wildman–Crippen MR) is 46.0 cm³/mol. The Morgan fingerprint density at radius 2 is 2.30 bits per heavy atom. The van der Waals surface area contributed by atoms with E-state index in [2.05, 4.69) is 31.1 Å². The molecule has 0 aliphatic rings. The maximum absolute atomic E-state index is 3.53. The van der Waals surface area contributed by atoms with Crippen molar-refractivity contribution in [2.45, 2.75) is 33.1 Å². The predicted octanol–water partition coefficient (Wildman–Crippen LogP) is 2.29. The van der Waals surface area contributed by atoms with Gasteiger partial charge in [0.05, 0.1) is 0 Å². The monoisotopic (exact) mass is 140 g/mol. The number of hydrazone groups is 1. The molecule has 0 aliphatic carbocycles. The molecular formula is C8H16N2. The van der Waals surface area contributed by atoms with E-state index < -0.39 is 0 Å². The minimum absolute atomic E-state index is 1.09. The minimum Gasteiger partial charge on any atom is -0.286 e. The van der Waals surface area contributed by atoms with Crippen LogP contribution in [-0.4, -0.2) is 6.72 Å². The Kier molecular flexibility index (Phi) is 5.83. The van der Waals surface area contributed by atoms with E-state index in [0.717, 1.165) is 12.8 Å². The summed E-state index contributed by atoms with van der Waals surface area (Å²) in [4.78, 5) is 0. The molecule has 0 saturated heterocycles. The highest BCUT2D eigenvalue weighted by Crippen LogP contribution is 2.06. The van der Waals surface area contributed by atoms with Crippen LogP contribution >= 0.6 is 0 Å². The summed E-state index contributed by atoms with van der Waals surface area (Å²) in [5, 5.41) is 3.53. The fourth-order valence-corrected chi connectivity index (χ4v) is 0.809. The van der Waals surface area contributed by atoms with Gasteiger partial charge in [-0.25, -0.2) is 0 Å². The van der Waals surface area contributed by atoms with E-state index in [1.165, 1.54) is 12.0 Å². The quantitative estimate of drug-likeness (QED) is 0.460. The smallest absolute Gasteiger partial charge is 0.0191 e. The van der Waals surface area contributed by atoms with Crippen LogP contribution in [0.2, 0.25) is 0 Å². The average Bonchev–Trinajstić information content (AvgIpc) is 1.98. The van der Waals surface area contributed by atoms with Crippen molar-refractivity contribution < 1.29 is 0 Å². The van der Waals surface area contributed by atoms with Crippen LogP contribution in [0.5, 0.6) is 0 Å². The van der Waals surface area contributed by atoms with Crippen LogP contribution in [0.25, 0.3) is 0 Å². The van der Waals surface area contributed by atoms with Crippen molar-refractivity contribution in [3.05, 3.63) is 11.8 Å². The zero-order valence-electron chi connectivity index (χ0n) is 6.85. The molecule has 2 nitrogen and oxygen atoms in total. The fraction of sp³-hybridized carbons (Fsp3) is 0.625. The van der Waals surface area contributed by atoms with Crippen molar-refractivity contribution in [2.75, 3.05) is 0 Å². The lowest BCUT2D eigenvalue weighted by atomic mass is 10.1. The molecule has 10 heavy (non-hydrogen) atoms. The second-order valence-corrected chi connectivity index (χ2v) is 2.19. The van der Waals surface area contributed by atoms with Gasteiger partial charge in [0.2, 0.25) is 0 Å². The van der Waals surface area contributed by atoms with Crippen LogP contribution in [0, 0.1) is 0 Å². The normalized spacial score (nSPS) is 11.2. The average molecular weight is 140 g/mol. The molecule has 0 bridgehead atoms. The largest absolute Gasteiger partial charge is 0.286 e. The SMILES string of the molecule is C=NN/C=C(\CC)CCC. The molecule has 0 atom stereocenters. The van der Waals surface area contributed by atoms with Crippen LogP contribution in [0.4, 0.5) is 0 Å². The summed E-state index contributed by atoms with van der Waals surface area (Å²) >= 11 is 0. The molecule has 0 saturated carbocycles. The van der Waals surface area contributed by atoms with Crippen molar-refractivity contribution in [1.29, 1.82) is 0 Å². The Hall–Kier alpha value is -0.790. The Labute approximate surface area is 63.0 Å². The number of hydrogen-bond acceptors (Lipinski definition) is 2. The molecule has 0 aliphatic heterocycles. The summed E-state index contributed by atoms with van der Waals surface area (Å²) < 4.78 is 0. The van der Waals surface area contributed by atoms with Crippen molar-refractivity contribution >= 4 is 6.72 Å². The van der Waals surface area contributed by atoms with E-state index >= 15 is 0 Å². The number of rotatable bonds is 5. The highest BCUT2D eigenvalue weighted by molar-refractivity contribution is 5.22. The molecule has 0 heterocycles. The molecular weight excluding hydrogens is 124 g/mol. The molecule has 0 aromatic carbocycles. The van der Waals surface area contributed by atoms with Gasteiger partial charge in [-0.1, -0.05) is 25.8 Å². The maximum atomic E-state index is 3.53. The third kappa shape index (κ3) is 4.13. The van der Waals surface area contributed by atoms with Crippen LogP contribution in [0.1, 0.15) is 33.1 Å². The lowest BCUT2D eigenvalue weighted by Gasteiger charge is -2.00. The summed E-state index contributed by atoms with van der Waals surface area (Å²) in [6.07, 6.45) is 5.37. The van der Waals surface area contributed by atoms with E-state index in [1.807, 2.05) is 6.20 Å². The third-order valence-corrected chi connectivity index (χ3v) is 1.39. The lowest BCUT2D eigenvalue weighted by molar-refractivity contribution is 0.829. The van der Waals surface area contributed by atoms with E-state index in [4.69, 9.17) is 0 Å². The molecule has 0 rings (SSSR count). The Morgan fingerprint density at radius 3 is 2.70 bits per heavy atom. The first-order valence-electron chi connectivity index (χ1n) is 3.74. The van der Waals surface area contributed by atoms with Gasteiger partial charge in [0, 0.05) is 12.9 Å². The summed E-state index contributed by atoms with van der Waals surface area (Å²) in [5.41, 5.74) is 4.13. The molecule has 0 fully saturated rings. The number of nitrogens with one attached hydrogen (secondary N) is 1. The van der Waals surface area contributed by atoms with Gasteiger partial charge in [0.25, 0.3) is 0 Å². The van der Waals surface area contributed by atoms with Gasteiger partial charge in [-0.15, -0.1) is 0 Å². The number of allylic oxidation sites excluding steroid dienone is 1. The third-order valence-electron chi connectivity index (χ3n) is 1.39. The number of hydrogen-bond donors (Lipinski definition) is 1. The first-order chi connectivity index (χ1) is 4.85. The summed E-state index contributed by atoms with van der Waals surface area (Å²) in [7, 11) is 0. The van der Waals surface area contributed by atoms with Crippen molar-refractivity contribution in [2.24, 2.45) is 5.10 Å². The highest BCUT2D eigenvalue weighted by atomic mass is 15.3. The van der Waals surface area contributed by atoms with Gasteiger partial charge >= 0.3 is 0 Å². The molecule has 1 N–H and O–H groups in total. The summed E-state index contributed by atoms with van der Waals surface area (Å²) in [6, 6.07) is 0. The lowest BCUT2D eigenvalue weighted by Crippen LogP contribution is -1.94. The fourth-order valence-electron chi connectivity index (χ4n) is 0.809. The minimum atomic E-state index is 1.09. The second kappa shape index (κ2) is 6.33. The van der Waals surface area contributed by atoms with Crippen molar-refractivity contribution in [1.82, 2.24) is 5.43 Å². The van der Waals surface area contributed by atoms with Gasteiger partial charge < -0.3 is 0 Å². The van der Waals surface area contributed by atoms with E-state index in [1.54, 1.807) is 0 Å². The van der Waals surface area contributed by atoms with Crippen molar-refractivity contribution in [3.63, 3.8) is 0 Å². The van der Waals surface area contributed by atoms with Crippen molar-refractivity contribution in [3.8, 4) is 0 Å². The molecule has 0 spiro atoms. The molecule has 2 heteroatoms. The Bertz CT molecular complexity index is 116. The van der Waals surface area contributed by atoms with Crippen LogP contribution < -0.4 is 5.43 Å². The standard InChI is InChI=1S/C8H16N2/c1-4-6-8(5-2)7-10-9-3/h7,10H,3-6H2,1-2H3/b8-7+. The Morgan fingerprint density at radius 1 is 1.60 bits per heavy atom. The molecule has 0 amide bonds. The summed E-state index contributed by atoms with van der Waals surface area (Å²) in [6.45, 7) is 7.64. The van der Waals surface area contributed by atoms with Crippen LogP contribution in [0.3, 0.4) is 0 Å². The summed E-state index contributed by atoms with van der Waals surface area (Å²) in [5.74, 6) is 0. The van der Waals surface area contributed by atoms with Gasteiger partial charge in [-0.3, -0.25) is 5.43 Å². The van der Waals surface area contributed by atoms with Gasteiger partial charge in [-0.2, -0.15) is 5.10 Å². The van der Waals surface area contributed by atoms with Gasteiger partial charge in [-0.05, 0) is 12.8 Å². The number of nitrogens with zero attached hydrogens (tertiary/aromatic N) is 1. The zero-order valence-corrected chi connectivity index (χ0v) is 6.85. The molecule has 0 radical (unpaired) electrons. The van der Waals surface area contributed by atoms with E-state index in [9.17, 15) is 0 Å². The molecule has 0 aromatic heterocycles. The van der Waals surface area contributed by atoms with Gasteiger partial charge in [0.1, 0.15) is 0 Å². The molecule has 0 aromatic rings. The zero-order chi connectivity index (χ0) is 7.82. The topological polar surface area (TPSA) is 24.4 Å². The second-order valence-electron chi connectivity index (χ2n) is 2.19. The maximum Gasteiger partial charge on any atom is 0.0191 e. The van der Waals surface area contributed by atoms with Crippen LogP contribution in [-0.2, 0) is 0 Å². The molecule has 58 valence electrons. The Balaban J connectivity index is 3.65. The first-order valence-corrected chi connectivity index (χ1v) is 3.74. The first kappa shape index (κ1) is 9.21. The highest BCUT2D eigenvalue weighted by Gasteiger charge is 1.89. The van der Waals surface area contributed by atoms with E-state index in [-0.39, 0.29) is 0 Å². The van der Waals surface area contributed by atoms with Crippen LogP contribution in [0.15, 0.2) is 16.9 Å². The van der Waals surface area contributed by atoms with Gasteiger partial charge in [0.15, 0.2) is 0 Å². The molecule has 0 unspecified atom stereocenters. The van der Waals surface area contributed by atoms with E-state index in [0.29, 0.717) is 0 Å².